The van der Waals surface area contributed by atoms with Crippen molar-refractivity contribution < 1.29 is 0 Å². The molecule has 0 heterocycles. The van der Waals surface area contributed by atoms with Gasteiger partial charge < -0.3 is 0 Å². The Morgan fingerprint density at radius 2 is 2.10 bits per heavy atom. The third kappa shape index (κ3) is 2.35. The molecule has 0 aliphatic carbocycles. The molecular weight excluding hydrogens is 118 g/mol. The van der Waals surface area contributed by atoms with E-state index in [1.54, 1.807) is 0 Å². The third-order valence-corrected chi connectivity index (χ3v) is 2.01. The number of hydrogen-bond donors (Lipinski definition) is 0. The number of hydrogen-bond acceptors (Lipinski definition) is 0. The van der Waals surface area contributed by atoms with E-state index in [1.165, 1.54) is 0 Å². The van der Waals surface area contributed by atoms with Gasteiger partial charge in [-0.15, -0.1) is 6.42 Å². The van der Waals surface area contributed by atoms with Gasteiger partial charge in [-0.1, -0.05) is 31.6 Å². The molecule has 0 aromatic rings. The van der Waals surface area contributed by atoms with Gasteiger partial charge in [0.15, 0.2) is 0 Å². The molecule has 10 heavy (non-hydrogen) atoms. The van der Waals surface area contributed by atoms with E-state index in [4.69, 9.17) is 6.42 Å². The number of allylic oxidation sites excluding steroid dienone is 1. The van der Waals surface area contributed by atoms with Gasteiger partial charge in [-0.2, -0.15) is 0 Å². The predicted octanol–water partition coefficient (Wildman–Crippen LogP) is 0.214. The highest BCUT2D eigenvalue weighted by atomic mass is 14.1. The first-order chi connectivity index (χ1) is 4.39. The van der Waals surface area contributed by atoms with Crippen molar-refractivity contribution in [3.63, 3.8) is 0 Å². The molecule has 0 aliphatic heterocycles. The second kappa shape index (κ2) is 3.01. The molecule has 0 amide bonds. The number of terminal acetylenes is 1. The lowest BCUT2D eigenvalue weighted by atomic mass is 9.49. The summed E-state index contributed by atoms with van der Waals surface area (Å²) in [4.78, 5) is 0. The average Bonchev–Trinajstić information content (AvgIpc) is 1.83. The zero-order valence-electron chi connectivity index (χ0n) is 7.36. The van der Waals surface area contributed by atoms with E-state index in [-0.39, 0.29) is 5.21 Å². The van der Waals surface area contributed by atoms with Gasteiger partial charge in [0.25, 0.3) is 0 Å². The predicted molar refractivity (Wildman–Crippen MR) is 52.6 cm³/mol. The van der Waals surface area contributed by atoms with Gasteiger partial charge in [0.05, 0.1) is 15.7 Å². The van der Waals surface area contributed by atoms with E-state index in [0.29, 0.717) is 5.92 Å². The molecule has 52 valence electrons. The summed E-state index contributed by atoms with van der Waals surface area (Å²) in [5, 5.41) is 0.240. The molecule has 0 nitrogen and oxygen atoms in total. The Bertz CT molecular complexity index is 169. The lowest BCUT2D eigenvalue weighted by Gasteiger charge is -2.26. The molecule has 0 fully saturated rings. The summed E-state index contributed by atoms with van der Waals surface area (Å²) in [6.07, 6.45) is 5.22. The largest absolute Gasteiger partial charge is 0.115 e. The summed E-state index contributed by atoms with van der Waals surface area (Å²) in [6, 6.07) is 0. The second-order valence-corrected chi connectivity index (χ2v) is 3.76. The molecular formula is C8H14B2. The van der Waals surface area contributed by atoms with Crippen LogP contribution in [-0.4, -0.2) is 15.7 Å². The van der Waals surface area contributed by atoms with Crippen molar-refractivity contribution in [3.05, 3.63) is 12.2 Å². The van der Waals surface area contributed by atoms with Crippen LogP contribution in [0.3, 0.4) is 0 Å². The van der Waals surface area contributed by atoms with Crippen LogP contribution in [0.5, 0.6) is 0 Å². The summed E-state index contributed by atoms with van der Waals surface area (Å²) in [5.74, 6) is 2.98. The highest BCUT2D eigenvalue weighted by Crippen LogP contribution is 2.30. The smallest absolute Gasteiger partial charge is 0.0996 e. The molecule has 0 saturated heterocycles. The molecule has 0 bridgehead atoms. The van der Waals surface area contributed by atoms with E-state index in [1.807, 2.05) is 0 Å². The fourth-order valence-corrected chi connectivity index (χ4v) is 0.648. The Morgan fingerprint density at radius 1 is 1.70 bits per heavy atom. The Kier molecular flexibility index (Phi) is 2.84. The van der Waals surface area contributed by atoms with E-state index in [0.717, 1.165) is 5.57 Å². The SMILES string of the molecule is BC(B)(C)C(C)C(=C)C#C. The summed E-state index contributed by atoms with van der Waals surface area (Å²) in [7, 11) is 4.33. The van der Waals surface area contributed by atoms with Gasteiger partial charge in [-0.25, -0.2) is 0 Å². The van der Waals surface area contributed by atoms with Crippen LogP contribution >= 0.6 is 0 Å². The molecule has 1 atom stereocenters. The lowest BCUT2D eigenvalue weighted by molar-refractivity contribution is 0.620. The van der Waals surface area contributed by atoms with Crippen LogP contribution in [0, 0.1) is 18.3 Å². The van der Waals surface area contributed by atoms with Gasteiger partial charge in [0.2, 0.25) is 0 Å². The Morgan fingerprint density at radius 3 is 2.20 bits per heavy atom. The van der Waals surface area contributed by atoms with Crippen LogP contribution in [0.4, 0.5) is 0 Å². The first-order valence-corrected chi connectivity index (χ1v) is 3.55. The Balaban J connectivity index is 4.26. The zero-order valence-corrected chi connectivity index (χ0v) is 7.36. The second-order valence-electron chi connectivity index (χ2n) is 3.76. The molecule has 0 rings (SSSR count). The van der Waals surface area contributed by atoms with Crippen molar-refractivity contribution in [1.29, 1.82) is 0 Å². The van der Waals surface area contributed by atoms with Gasteiger partial charge in [0.1, 0.15) is 0 Å². The van der Waals surface area contributed by atoms with E-state index >= 15 is 0 Å². The minimum absolute atomic E-state index is 0.240. The Labute approximate surface area is 65.9 Å². The first kappa shape index (κ1) is 9.43. The maximum atomic E-state index is 5.22. The van der Waals surface area contributed by atoms with Crippen LogP contribution in [0.25, 0.3) is 0 Å². The van der Waals surface area contributed by atoms with E-state index in [9.17, 15) is 0 Å². The molecule has 0 aromatic carbocycles. The molecule has 0 spiro atoms. The molecule has 0 N–H and O–H groups in total. The third-order valence-electron chi connectivity index (χ3n) is 2.01. The van der Waals surface area contributed by atoms with Crippen molar-refractivity contribution in [2.75, 3.05) is 0 Å². The average molecular weight is 132 g/mol. The maximum Gasteiger partial charge on any atom is 0.0996 e. The van der Waals surface area contributed by atoms with E-state index < -0.39 is 0 Å². The van der Waals surface area contributed by atoms with Gasteiger partial charge in [-0.3, -0.25) is 0 Å². The molecule has 2 heteroatoms. The molecule has 0 aromatic heterocycles. The standard InChI is InChI=1S/C8H14B2/c1-5-6(2)7(3)8(4,9)10/h1,7H,2,9-10H2,3-4H3. The van der Waals surface area contributed by atoms with Crippen LogP contribution in [0.2, 0.25) is 5.21 Å². The minimum Gasteiger partial charge on any atom is -0.115 e. The highest BCUT2D eigenvalue weighted by molar-refractivity contribution is 6.39. The van der Waals surface area contributed by atoms with Crippen molar-refractivity contribution in [2.24, 2.45) is 5.92 Å². The van der Waals surface area contributed by atoms with Crippen LogP contribution in [-0.2, 0) is 0 Å². The van der Waals surface area contributed by atoms with Crippen molar-refractivity contribution in [2.45, 2.75) is 19.1 Å². The van der Waals surface area contributed by atoms with Crippen molar-refractivity contribution >= 4 is 15.7 Å². The summed E-state index contributed by atoms with van der Waals surface area (Å²) >= 11 is 0. The first-order valence-electron chi connectivity index (χ1n) is 3.55. The lowest BCUT2D eigenvalue weighted by Crippen LogP contribution is -2.19. The normalized spacial score (nSPS) is 13.7. The van der Waals surface area contributed by atoms with Crippen LogP contribution in [0.15, 0.2) is 12.2 Å². The topological polar surface area (TPSA) is 0 Å². The quantitative estimate of drug-likeness (QED) is 0.372. The van der Waals surface area contributed by atoms with Crippen LogP contribution < -0.4 is 0 Å². The fraction of sp³-hybridized carbons (Fsp3) is 0.500. The molecule has 1 unspecified atom stereocenters. The van der Waals surface area contributed by atoms with Gasteiger partial charge in [0, 0.05) is 0 Å². The van der Waals surface area contributed by atoms with Crippen LogP contribution in [0.1, 0.15) is 13.8 Å². The van der Waals surface area contributed by atoms with Crippen molar-refractivity contribution in [3.8, 4) is 12.3 Å². The van der Waals surface area contributed by atoms with Crippen molar-refractivity contribution in [1.82, 2.24) is 0 Å². The highest BCUT2D eigenvalue weighted by Gasteiger charge is 2.21. The number of rotatable bonds is 2. The monoisotopic (exact) mass is 132 g/mol. The molecule has 0 radical (unpaired) electrons. The zero-order chi connectivity index (χ0) is 8.36. The van der Waals surface area contributed by atoms with Gasteiger partial charge >= 0.3 is 0 Å². The minimum atomic E-state index is 0.240. The maximum absolute atomic E-state index is 5.22. The summed E-state index contributed by atoms with van der Waals surface area (Å²) in [5.41, 5.74) is 0.896. The Hall–Kier alpha value is -0.570. The molecule has 0 saturated carbocycles. The van der Waals surface area contributed by atoms with E-state index in [2.05, 4.69) is 42.0 Å². The van der Waals surface area contributed by atoms with Gasteiger partial charge in [-0.05, 0) is 11.5 Å². The summed E-state index contributed by atoms with van der Waals surface area (Å²) < 4.78 is 0. The summed E-state index contributed by atoms with van der Waals surface area (Å²) in [6.45, 7) is 8.08. The molecule has 0 aliphatic rings. The fourth-order valence-electron chi connectivity index (χ4n) is 0.648.